The van der Waals surface area contributed by atoms with Crippen molar-refractivity contribution in [3.8, 4) is 0 Å². The minimum Gasteiger partial charge on any atom is -0.351 e. The molecule has 138 valence electrons. The van der Waals surface area contributed by atoms with Crippen LogP contribution in [0.25, 0.3) is 0 Å². The lowest BCUT2D eigenvalue weighted by Crippen LogP contribution is -2.51. The maximum Gasteiger partial charge on any atom is 0.321 e. The van der Waals surface area contributed by atoms with Crippen LogP contribution < -0.4 is 10.6 Å². The molecule has 3 amide bonds. The maximum atomic E-state index is 12.4. The highest BCUT2D eigenvalue weighted by molar-refractivity contribution is 7.08. The summed E-state index contributed by atoms with van der Waals surface area (Å²) in [6, 6.07) is 9.58. The molecule has 2 heterocycles. The highest BCUT2D eigenvalue weighted by Gasteiger charge is 2.21. The summed E-state index contributed by atoms with van der Waals surface area (Å²) in [5.41, 5.74) is 2.67. The molecule has 0 spiro atoms. The third-order valence-electron chi connectivity index (χ3n) is 4.43. The largest absolute Gasteiger partial charge is 0.351 e. The highest BCUT2D eigenvalue weighted by atomic mass is 32.1. The first-order chi connectivity index (χ1) is 12.6. The lowest BCUT2D eigenvalue weighted by Gasteiger charge is -2.34. The van der Waals surface area contributed by atoms with Crippen LogP contribution in [0.2, 0.25) is 0 Å². The summed E-state index contributed by atoms with van der Waals surface area (Å²) < 4.78 is 0. The number of hydrogen-bond acceptors (Lipinski definition) is 4. The number of urea groups is 1. The molecule has 0 unspecified atom stereocenters. The highest BCUT2D eigenvalue weighted by Crippen LogP contribution is 2.11. The van der Waals surface area contributed by atoms with E-state index in [0.717, 1.165) is 30.9 Å². The van der Waals surface area contributed by atoms with Crippen molar-refractivity contribution in [3.63, 3.8) is 0 Å². The van der Waals surface area contributed by atoms with Gasteiger partial charge in [0.25, 0.3) is 5.91 Å². The Morgan fingerprint density at radius 3 is 2.65 bits per heavy atom. The van der Waals surface area contributed by atoms with E-state index in [1.165, 1.54) is 11.3 Å². The number of piperazine rings is 1. The molecule has 2 N–H and O–H groups in total. The third-order valence-corrected chi connectivity index (χ3v) is 5.11. The van der Waals surface area contributed by atoms with E-state index in [1.807, 2.05) is 52.9 Å². The molecule has 6 nitrogen and oxygen atoms in total. The molecule has 2 aromatic rings. The summed E-state index contributed by atoms with van der Waals surface area (Å²) >= 11 is 1.52. The monoisotopic (exact) mass is 372 g/mol. The van der Waals surface area contributed by atoms with Crippen LogP contribution in [0, 0.1) is 6.92 Å². The molecule has 0 saturated carbocycles. The van der Waals surface area contributed by atoms with Crippen LogP contribution in [0.1, 0.15) is 15.9 Å². The fraction of sp³-hybridized carbons (Fsp3) is 0.368. The van der Waals surface area contributed by atoms with E-state index in [-0.39, 0.29) is 11.9 Å². The van der Waals surface area contributed by atoms with E-state index >= 15 is 0 Å². The van der Waals surface area contributed by atoms with Crippen LogP contribution in [-0.4, -0.2) is 61.0 Å². The maximum absolute atomic E-state index is 12.4. The zero-order valence-corrected chi connectivity index (χ0v) is 15.7. The van der Waals surface area contributed by atoms with E-state index in [9.17, 15) is 9.59 Å². The first kappa shape index (κ1) is 18.4. The fourth-order valence-electron chi connectivity index (χ4n) is 2.92. The van der Waals surface area contributed by atoms with Crippen molar-refractivity contribution in [1.29, 1.82) is 0 Å². The minimum atomic E-state index is -0.0546. The van der Waals surface area contributed by atoms with Crippen molar-refractivity contribution in [3.05, 3.63) is 52.2 Å². The second-order valence-corrected chi connectivity index (χ2v) is 7.18. The van der Waals surface area contributed by atoms with Gasteiger partial charge >= 0.3 is 6.03 Å². The number of anilines is 1. The Balaban J connectivity index is 1.37. The number of benzene rings is 1. The molecular weight excluding hydrogens is 348 g/mol. The van der Waals surface area contributed by atoms with Crippen LogP contribution in [0.4, 0.5) is 10.5 Å². The molecule has 1 aromatic carbocycles. The van der Waals surface area contributed by atoms with E-state index in [2.05, 4.69) is 15.5 Å². The van der Waals surface area contributed by atoms with Gasteiger partial charge in [0, 0.05) is 55.9 Å². The van der Waals surface area contributed by atoms with Crippen molar-refractivity contribution in [2.24, 2.45) is 0 Å². The molecule has 0 radical (unpaired) electrons. The molecule has 1 fully saturated rings. The van der Waals surface area contributed by atoms with Crippen LogP contribution in [-0.2, 0) is 0 Å². The predicted octanol–water partition coefficient (Wildman–Crippen LogP) is 2.64. The zero-order chi connectivity index (χ0) is 18.4. The second-order valence-electron chi connectivity index (χ2n) is 6.40. The van der Waals surface area contributed by atoms with Gasteiger partial charge in [-0.1, -0.05) is 12.1 Å². The van der Waals surface area contributed by atoms with Gasteiger partial charge in [-0.05, 0) is 36.1 Å². The summed E-state index contributed by atoms with van der Waals surface area (Å²) in [7, 11) is 0. The van der Waals surface area contributed by atoms with Crippen LogP contribution in [0.15, 0.2) is 41.1 Å². The summed E-state index contributed by atoms with van der Waals surface area (Å²) in [4.78, 5) is 28.4. The standard InChI is InChI=1S/C19H24N4O2S/c1-15-3-2-4-17(13-15)21-19(25)23-10-8-22(9-11-23)7-6-20-18(24)16-5-12-26-14-16/h2-5,12-14H,6-11H2,1H3,(H,20,24)(H,21,25). The van der Waals surface area contributed by atoms with Crippen molar-refractivity contribution >= 4 is 29.0 Å². The Morgan fingerprint density at radius 2 is 1.96 bits per heavy atom. The van der Waals surface area contributed by atoms with Crippen molar-refractivity contribution < 1.29 is 9.59 Å². The molecule has 3 rings (SSSR count). The molecule has 7 heteroatoms. The number of nitrogens with zero attached hydrogens (tertiary/aromatic N) is 2. The lowest BCUT2D eigenvalue weighted by molar-refractivity contribution is 0.0943. The fourth-order valence-corrected chi connectivity index (χ4v) is 3.56. The Labute approximate surface area is 157 Å². The molecule has 0 bridgehead atoms. The Bertz CT molecular complexity index is 740. The average molecular weight is 372 g/mol. The summed E-state index contributed by atoms with van der Waals surface area (Å²) in [6.45, 7) is 6.43. The van der Waals surface area contributed by atoms with E-state index in [4.69, 9.17) is 0 Å². The molecule has 26 heavy (non-hydrogen) atoms. The van der Waals surface area contributed by atoms with Crippen LogP contribution >= 0.6 is 11.3 Å². The van der Waals surface area contributed by atoms with E-state index in [1.54, 1.807) is 0 Å². The predicted molar refractivity (Wildman–Crippen MR) is 105 cm³/mol. The summed E-state index contributed by atoms with van der Waals surface area (Å²) in [6.07, 6.45) is 0. The molecule has 1 saturated heterocycles. The lowest BCUT2D eigenvalue weighted by atomic mass is 10.2. The number of hydrogen-bond donors (Lipinski definition) is 2. The van der Waals surface area contributed by atoms with Gasteiger partial charge < -0.3 is 15.5 Å². The topological polar surface area (TPSA) is 64.7 Å². The second kappa shape index (κ2) is 8.82. The van der Waals surface area contributed by atoms with Gasteiger partial charge in [-0.3, -0.25) is 9.69 Å². The van der Waals surface area contributed by atoms with Crippen molar-refractivity contribution in [1.82, 2.24) is 15.1 Å². The summed E-state index contributed by atoms with van der Waals surface area (Å²) in [5.74, 6) is -0.0255. The normalized spacial score (nSPS) is 14.9. The van der Waals surface area contributed by atoms with Gasteiger partial charge in [-0.2, -0.15) is 11.3 Å². The van der Waals surface area contributed by atoms with Crippen molar-refractivity contribution in [2.45, 2.75) is 6.92 Å². The van der Waals surface area contributed by atoms with Crippen LogP contribution in [0.3, 0.4) is 0 Å². The Hall–Kier alpha value is -2.38. The zero-order valence-electron chi connectivity index (χ0n) is 14.9. The molecular formula is C19H24N4O2S. The molecule has 0 atom stereocenters. The molecule has 1 aromatic heterocycles. The smallest absolute Gasteiger partial charge is 0.321 e. The Kier molecular flexibility index (Phi) is 6.25. The van der Waals surface area contributed by atoms with Gasteiger partial charge in [0.2, 0.25) is 0 Å². The number of aryl methyl sites for hydroxylation is 1. The number of nitrogens with one attached hydrogen (secondary N) is 2. The molecule has 1 aliphatic rings. The quantitative estimate of drug-likeness (QED) is 0.848. The number of carbonyl (C=O) groups is 2. The number of thiophene rings is 1. The number of rotatable bonds is 5. The Morgan fingerprint density at radius 1 is 1.15 bits per heavy atom. The van der Waals surface area contributed by atoms with Crippen LogP contribution in [0.5, 0.6) is 0 Å². The van der Waals surface area contributed by atoms with Gasteiger partial charge in [0.05, 0.1) is 0 Å². The molecule has 0 aliphatic carbocycles. The van der Waals surface area contributed by atoms with Gasteiger partial charge in [0.1, 0.15) is 0 Å². The van der Waals surface area contributed by atoms with E-state index < -0.39 is 0 Å². The third kappa shape index (κ3) is 5.06. The number of carbonyl (C=O) groups excluding carboxylic acids is 2. The molecule has 1 aliphatic heterocycles. The minimum absolute atomic E-state index is 0.0255. The van der Waals surface area contributed by atoms with Gasteiger partial charge in [-0.25, -0.2) is 4.79 Å². The first-order valence-electron chi connectivity index (χ1n) is 8.77. The number of amides is 3. The van der Waals surface area contributed by atoms with Gasteiger partial charge in [-0.15, -0.1) is 0 Å². The van der Waals surface area contributed by atoms with E-state index in [0.29, 0.717) is 25.2 Å². The average Bonchev–Trinajstić information content (AvgIpc) is 3.17. The first-order valence-corrected chi connectivity index (χ1v) is 9.71. The summed E-state index contributed by atoms with van der Waals surface area (Å²) in [5, 5.41) is 9.64. The van der Waals surface area contributed by atoms with Gasteiger partial charge in [0.15, 0.2) is 0 Å². The SMILES string of the molecule is Cc1cccc(NC(=O)N2CCN(CCNC(=O)c3ccsc3)CC2)c1. The van der Waals surface area contributed by atoms with Crippen molar-refractivity contribution in [2.75, 3.05) is 44.6 Å².